The number of hydrogen-bond donors (Lipinski definition) is 3. The number of piperazine rings is 2. The van der Waals surface area contributed by atoms with Gasteiger partial charge in [0.25, 0.3) is 10.1 Å². The van der Waals surface area contributed by atoms with Gasteiger partial charge in [0.2, 0.25) is 11.8 Å². The number of nitrogens with one attached hydrogen (secondary N) is 3. The third-order valence-electron chi connectivity index (χ3n) is 9.53. The summed E-state index contributed by atoms with van der Waals surface area (Å²) in [5.41, 5.74) is 0.670. The number of halogens is 4. The van der Waals surface area contributed by atoms with Crippen LogP contribution in [0, 0.1) is 0 Å². The largest absolute Gasteiger partial charge is 0.494 e. The van der Waals surface area contributed by atoms with Gasteiger partial charge in [0.15, 0.2) is 0 Å². The second kappa shape index (κ2) is 25.2. The zero-order valence-corrected chi connectivity index (χ0v) is 39.0. The molecule has 3 N–H and O–H groups in total. The molecule has 0 aliphatic carbocycles. The standard InChI is InChI=1S/C23H27Cl2N3O2.C14H19NO5S.C10H12Cl2N2/c24-19-4-3-5-21(23(19)25)28-13-11-27(12-14-28)10-1-2-15-30-18-8-6-17-7-9-22(29)26-20(17)16-18;1-21(17,18)20-9-3-2-8-19-12-6-4-11-5-7-14(16)15-13(11)10-12;11-8-2-1-3-9(10(8)12)14-6-4-13-5-7-14/h3-6,8,16H,1-2,7,9-15H2,(H,26,29);4,6,10H,2-3,5,7-9H2,1H3,(H,15,16);1-3,13H,4-7H2/i7D2,8D,9D2,10D2,16D;5D2,6D,7D2,9D2,10D;. The van der Waals surface area contributed by atoms with Gasteiger partial charge in [0, 0.05) is 102 Å². The van der Waals surface area contributed by atoms with E-state index >= 15 is 0 Å². The molecular weight excluding hydrogens is 934 g/mol. The molecule has 0 spiro atoms. The topological polar surface area (TPSA) is 142 Å². The number of amides is 2. The van der Waals surface area contributed by atoms with Gasteiger partial charge < -0.3 is 35.2 Å². The molecule has 8 rings (SSSR count). The van der Waals surface area contributed by atoms with Crippen molar-refractivity contribution in [1.29, 1.82) is 0 Å². The number of aryl methyl sites for hydroxylation is 2. The number of fused-ring (bicyclic) bond motifs is 2. The third kappa shape index (κ3) is 16.1. The van der Waals surface area contributed by atoms with Crippen molar-refractivity contribution in [2.45, 2.75) is 51.2 Å². The van der Waals surface area contributed by atoms with E-state index in [0.717, 1.165) is 49.7 Å². The number of rotatable bonds is 15. The average Bonchev–Trinajstić information content (AvgIpc) is 3.38. The highest BCUT2D eigenvalue weighted by molar-refractivity contribution is 7.85. The minimum atomic E-state index is -4.00. The summed E-state index contributed by atoms with van der Waals surface area (Å²) < 4.78 is 165. The monoisotopic (exact) mass is 1010 g/mol. The maximum atomic E-state index is 12.1. The number of ether oxygens (including phenoxy) is 2. The molecule has 18 heteroatoms. The summed E-state index contributed by atoms with van der Waals surface area (Å²) in [6, 6.07) is 11.5. The molecule has 4 aliphatic heterocycles. The van der Waals surface area contributed by atoms with Crippen LogP contribution in [0.25, 0.3) is 0 Å². The first-order valence-corrected chi connectivity index (χ1v) is 23.7. The molecule has 0 saturated carbocycles. The predicted molar refractivity (Wildman–Crippen MR) is 264 cm³/mol. The molecule has 0 bridgehead atoms. The van der Waals surface area contributed by atoms with Crippen LogP contribution in [0.15, 0.2) is 72.7 Å². The molecule has 2 amide bonds. The number of benzene rings is 4. The fraction of sp³-hybridized carbons (Fsp3) is 0.447. The molecule has 4 aliphatic rings. The van der Waals surface area contributed by atoms with E-state index in [1.54, 1.807) is 11.0 Å². The fourth-order valence-electron chi connectivity index (χ4n) is 6.38. The van der Waals surface area contributed by atoms with Gasteiger partial charge in [-0.1, -0.05) is 70.7 Å². The maximum absolute atomic E-state index is 12.1. The molecule has 0 atom stereocenters. The van der Waals surface area contributed by atoms with Crippen molar-refractivity contribution in [1.82, 2.24) is 10.2 Å². The first-order valence-electron chi connectivity index (χ1n) is 28.4. The SMILES string of the molecule is Clc1cccc(N2CCNCC2)c1Cl.[2H]c1cc2c(c([2H])c1OCCCC([2H])([2H])N1CCN(c3cccc(Cl)c3Cl)CC1)NC(=O)C([2H])([2H])C2([2H])[2H].[2H]c1cc2c(c([2H])c1OCCCC([2H])([2H])OS(C)(=O)=O)NC(=O)C([2H])([2H])C2([2H])[2H]. The molecule has 4 aromatic rings. The van der Waals surface area contributed by atoms with Crippen molar-refractivity contribution < 1.29 is 53.6 Å². The summed E-state index contributed by atoms with van der Waals surface area (Å²) in [6.45, 7) is 1.78. The highest BCUT2D eigenvalue weighted by atomic mass is 35.5. The number of anilines is 4. The van der Waals surface area contributed by atoms with Crippen molar-refractivity contribution in [3.05, 3.63) is 104 Å². The molecule has 2 saturated heterocycles. The predicted octanol–water partition coefficient (Wildman–Crippen LogP) is 8.97. The van der Waals surface area contributed by atoms with E-state index in [0.29, 0.717) is 52.5 Å². The molecule has 0 unspecified atom stereocenters. The van der Waals surface area contributed by atoms with Crippen molar-refractivity contribution >= 4 is 91.1 Å². The van der Waals surface area contributed by atoms with Crippen molar-refractivity contribution in [2.24, 2.45) is 0 Å². The Hall–Kier alpha value is -3.99. The van der Waals surface area contributed by atoms with E-state index < -0.39 is 78.6 Å². The van der Waals surface area contributed by atoms with E-state index in [1.807, 2.05) is 30.3 Å². The summed E-state index contributed by atoms with van der Waals surface area (Å²) in [4.78, 5) is 30.1. The van der Waals surface area contributed by atoms with Gasteiger partial charge in [0.1, 0.15) is 11.5 Å². The number of nitrogens with zero attached hydrogens (tertiary/aromatic N) is 3. The summed E-state index contributed by atoms with van der Waals surface area (Å²) >= 11 is 24.5. The van der Waals surface area contributed by atoms with E-state index in [2.05, 4.69) is 29.9 Å². The molecule has 352 valence electrons. The molecule has 4 heterocycles. The molecule has 0 radical (unpaired) electrons. The van der Waals surface area contributed by atoms with E-state index in [1.165, 1.54) is 0 Å². The lowest BCUT2D eigenvalue weighted by molar-refractivity contribution is -0.117. The fourth-order valence-corrected chi connectivity index (χ4v) is 7.50. The Balaban J connectivity index is 0.000000216. The van der Waals surface area contributed by atoms with Crippen molar-refractivity contribution in [2.75, 3.05) is 105 Å². The van der Waals surface area contributed by atoms with Crippen molar-refractivity contribution in [3.8, 4) is 11.5 Å². The summed E-state index contributed by atoms with van der Waals surface area (Å²) in [5, 5.41) is 9.89. The Kier molecular flexibility index (Phi) is 12.7. The van der Waals surface area contributed by atoms with Gasteiger partial charge in [-0.2, -0.15) is 8.42 Å². The first-order chi connectivity index (χ1) is 37.5. The Labute approximate surface area is 425 Å². The van der Waals surface area contributed by atoms with E-state index in [4.69, 9.17) is 77.8 Å². The quantitative estimate of drug-likeness (QED) is 0.0777. The Bertz CT molecular complexity index is 3110. The van der Waals surface area contributed by atoms with Gasteiger partial charge >= 0.3 is 0 Å². The Morgan fingerprint density at radius 3 is 1.68 bits per heavy atom. The van der Waals surface area contributed by atoms with Crippen LogP contribution in [-0.2, 0) is 36.6 Å². The molecule has 4 aromatic carbocycles. The number of hydrogen-bond acceptors (Lipinski definition) is 11. The van der Waals surface area contributed by atoms with Crippen LogP contribution < -0.4 is 35.2 Å². The summed E-state index contributed by atoms with van der Waals surface area (Å²) in [7, 11) is -4.00. The smallest absolute Gasteiger partial charge is 0.264 e. The van der Waals surface area contributed by atoms with Crippen LogP contribution in [-0.4, -0.2) is 110 Å². The molecule has 0 aromatic heterocycles. The second-order valence-electron chi connectivity index (χ2n) is 14.3. The molecule has 13 nitrogen and oxygen atoms in total. The Morgan fingerprint density at radius 1 is 0.677 bits per heavy atom. The lowest BCUT2D eigenvalue weighted by Crippen LogP contribution is -2.46. The molecular formula is C47H58Cl4N6O7S. The van der Waals surface area contributed by atoms with Gasteiger partial charge in [-0.25, -0.2) is 0 Å². The Morgan fingerprint density at radius 2 is 1.17 bits per heavy atom. The lowest BCUT2D eigenvalue weighted by Gasteiger charge is -2.36. The van der Waals surface area contributed by atoms with Crippen LogP contribution in [0.5, 0.6) is 11.5 Å². The van der Waals surface area contributed by atoms with E-state index in [-0.39, 0.29) is 78.9 Å². The van der Waals surface area contributed by atoms with Crippen LogP contribution in [0.3, 0.4) is 0 Å². The summed E-state index contributed by atoms with van der Waals surface area (Å²) in [6.07, 6.45) is -10.5. The van der Waals surface area contributed by atoms with Crippen LogP contribution in [0.4, 0.5) is 22.7 Å². The van der Waals surface area contributed by atoms with Crippen molar-refractivity contribution in [3.63, 3.8) is 0 Å². The second-order valence-corrected chi connectivity index (χ2v) is 17.5. The van der Waals surface area contributed by atoms with E-state index in [9.17, 15) is 18.0 Å². The molecule has 2 fully saturated rings. The highest BCUT2D eigenvalue weighted by Crippen LogP contribution is 2.34. The van der Waals surface area contributed by atoms with Gasteiger partial charge in [-0.15, -0.1) is 0 Å². The average molecular weight is 1010 g/mol. The number of carbonyl (C=O) groups excluding carboxylic acids is 2. The van der Waals surface area contributed by atoms with Gasteiger partial charge in [-0.05, 0) is 92.4 Å². The van der Waals surface area contributed by atoms with Gasteiger partial charge in [-0.3, -0.25) is 18.7 Å². The van der Waals surface area contributed by atoms with Gasteiger partial charge in [0.05, 0.1) is 65.7 Å². The number of carbonyl (C=O) groups is 2. The normalized spacial score (nSPS) is 23.3. The zero-order valence-electron chi connectivity index (χ0n) is 51.1. The zero-order chi connectivity index (χ0) is 60.4. The third-order valence-corrected chi connectivity index (χ3v) is 11.6. The minimum Gasteiger partial charge on any atom is -0.494 e. The summed E-state index contributed by atoms with van der Waals surface area (Å²) in [5.74, 6) is -2.97. The first kappa shape index (κ1) is 32.7. The minimum absolute atomic E-state index is 0.00416. The molecule has 65 heavy (non-hydrogen) atoms. The van der Waals surface area contributed by atoms with Crippen LogP contribution >= 0.6 is 46.4 Å². The van der Waals surface area contributed by atoms with Crippen LogP contribution in [0.1, 0.15) is 71.5 Å². The lowest BCUT2D eigenvalue weighted by atomic mass is 10.0. The maximum Gasteiger partial charge on any atom is 0.264 e. The van der Waals surface area contributed by atoms with Crippen LogP contribution in [0.2, 0.25) is 20.1 Å². The highest BCUT2D eigenvalue weighted by Gasteiger charge is 2.21.